The zero-order valence-electron chi connectivity index (χ0n) is 10.0. The first-order chi connectivity index (χ1) is 8.08. The normalized spacial score (nSPS) is 12.7. The maximum Gasteiger partial charge on any atom is 0.269 e. The van der Waals surface area contributed by atoms with Gasteiger partial charge in [-0.1, -0.05) is 19.1 Å². The molecule has 0 bridgehead atoms. The summed E-state index contributed by atoms with van der Waals surface area (Å²) in [5.74, 6) is 0.677. The Morgan fingerprint density at radius 1 is 1.24 bits per heavy atom. The van der Waals surface area contributed by atoms with Gasteiger partial charge in [-0.05, 0) is 36.9 Å². The van der Waals surface area contributed by atoms with Gasteiger partial charge in [0.15, 0.2) is 0 Å². The molecular formula is C12H19N3O2. The van der Waals surface area contributed by atoms with Gasteiger partial charge in [-0.2, -0.15) is 0 Å². The zero-order valence-corrected chi connectivity index (χ0v) is 10.0. The van der Waals surface area contributed by atoms with Crippen LogP contribution in [0.15, 0.2) is 24.3 Å². The first-order valence-corrected chi connectivity index (χ1v) is 5.72. The standard InChI is InChI=1S/C12H19N3O2/c1-9(11(7-13)8-14)6-10-2-4-12(5-3-10)15(16)17/h2-5,9,11H,6-8,13-14H2,1H3. The van der Waals surface area contributed by atoms with Crippen LogP contribution in [0.1, 0.15) is 12.5 Å². The molecule has 1 atom stereocenters. The van der Waals surface area contributed by atoms with Gasteiger partial charge in [-0.25, -0.2) is 0 Å². The summed E-state index contributed by atoms with van der Waals surface area (Å²) < 4.78 is 0. The van der Waals surface area contributed by atoms with Gasteiger partial charge < -0.3 is 11.5 Å². The average molecular weight is 237 g/mol. The van der Waals surface area contributed by atoms with Crippen molar-refractivity contribution in [3.8, 4) is 0 Å². The number of nitro benzene ring substituents is 1. The smallest absolute Gasteiger partial charge is 0.269 e. The summed E-state index contributed by atoms with van der Waals surface area (Å²) in [7, 11) is 0. The molecule has 0 fully saturated rings. The molecule has 0 saturated carbocycles. The van der Waals surface area contributed by atoms with Gasteiger partial charge in [0.1, 0.15) is 0 Å². The fraction of sp³-hybridized carbons (Fsp3) is 0.500. The lowest BCUT2D eigenvalue weighted by Crippen LogP contribution is -2.30. The van der Waals surface area contributed by atoms with E-state index in [0.717, 1.165) is 12.0 Å². The highest BCUT2D eigenvalue weighted by atomic mass is 16.6. The first-order valence-electron chi connectivity index (χ1n) is 5.72. The van der Waals surface area contributed by atoms with Gasteiger partial charge in [-0.3, -0.25) is 10.1 Å². The van der Waals surface area contributed by atoms with E-state index in [0.29, 0.717) is 24.9 Å². The van der Waals surface area contributed by atoms with Crippen LogP contribution in [-0.4, -0.2) is 18.0 Å². The molecular weight excluding hydrogens is 218 g/mol. The van der Waals surface area contributed by atoms with Crippen molar-refractivity contribution in [2.45, 2.75) is 13.3 Å². The van der Waals surface area contributed by atoms with Crippen LogP contribution in [0.2, 0.25) is 0 Å². The molecule has 94 valence electrons. The van der Waals surface area contributed by atoms with Crippen LogP contribution in [-0.2, 0) is 6.42 Å². The molecule has 17 heavy (non-hydrogen) atoms. The molecule has 1 rings (SSSR count). The summed E-state index contributed by atoms with van der Waals surface area (Å²) in [4.78, 5) is 10.1. The second-order valence-electron chi connectivity index (χ2n) is 4.34. The Balaban J connectivity index is 2.65. The number of benzene rings is 1. The first kappa shape index (κ1) is 13.6. The Kier molecular flexibility index (Phi) is 5.06. The molecule has 4 N–H and O–H groups in total. The van der Waals surface area contributed by atoms with E-state index in [1.54, 1.807) is 12.1 Å². The molecule has 0 saturated heterocycles. The van der Waals surface area contributed by atoms with Crippen molar-refractivity contribution in [2.24, 2.45) is 23.3 Å². The number of nitrogens with zero attached hydrogens (tertiary/aromatic N) is 1. The minimum atomic E-state index is -0.393. The minimum absolute atomic E-state index is 0.121. The summed E-state index contributed by atoms with van der Waals surface area (Å²) in [5, 5.41) is 10.5. The van der Waals surface area contributed by atoms with E-state index < -0.39 is 4.92 Å². The van der Waals surface area contributed by atoms with E-state index in [4.69, 9.17) is 11.5 Å². The average Bonchev–Trinajstić information content (AvgIpc) is 2.31. The summed E-state index contributed by atoms with van der Waals surface area (Å²) in [5.41, 5.74) is 12.5. The van der Waals surface area contributed by atoms with Crippen LogP contribution in [0.25, 0.3) is 0 Å². The highest BCUT2D eigenvalue weighted by molar-refractivity contribution is 5.33. The summed E-state index contributed by atoms with van der Waals surface area (Å²) >= 11 is 0. The predicted octanol–water partition coefficient (Wildman–Crippen LogP) is 1.31. The molecule has 0 radical (unpaired) electrons. The number of non-ortho nitro benzene ring substituents is 1. The van der Waals surface area contributed by atoms with Gasteiger partial charge in [0.2, 0.25) is 0 Å². The second-order valence-corrected chi connectivity index (χ2v) is 4.34. The molecule has 5 heteroatoms. The predicted molar refractivity (Wildman–Crippen MR) is 67.6 cm³/mol. The van der Waals surface area contributed by atoms with Crippen LogP contribution in [0, 0.1) is 22.0 Å². The molecule has 0 aliphatic rings. The fourth-order valence-electron chi connectivity index (χ4n) is 1.85. The molecule has 0 aliphatic heterocycles. The SMILES string of the molecule is CC(Cc1ccc([N+](=O)[O-])cc1)C(CN)CN. The highest BCUT2D eigenvalue weighted by Gasteiger charge is 2.15. The highest BCUT2D eigenvalue weighted by Crippen LogP contribution is 2.18. The number of rotatable bonds is 6. The Labute approximate surface area is 101 Å². The summed E-state index contributed by atoms with van der Waals surface area (Å²) in [6.45, 7) is 3.25. The largest absolute Gasteiger partial charge is 0.330 e. The summed E-state index contributed by atoms with van der Waals surface area (Å²) in [6, 6.07) is 6.64. The van der Waals surface area contributed by atoms with E-state index in [9.17, 15) is 10.1 Å². The lowest BCUT2D eigenvalue weighted by molar-refractivity contribution is -0.384. The number of hydrogen-bond donors (Lipinski definition) is 2. The van der Waals surface area contributed by atoms with Crippen molar-refractivity contribution in [1.82, 2.24) is 0 Å². The molecule has 1 unspecified atom stereocenters. The minimum Gasteiger partial charge on any atom is -0.330 e. The molecule has 0 amide bonds. The van der Waals surface area contributed by atoms with Gasteiger partial charge in [0.05, 0.1) is 4.92 Å². The van der Waals surface area contributed by atoms with Crippen molar-refractivity contribution in [3.05, 3.63) is 39.9 Å². The van der Waals surface area contributed by atoms with E-state index in [-0.39, 0.29) is 5.69 Å². The Morgan fingerprint density at radius 3 is 2.18 bits per heavy atom. The van der Waals surface area contributed by atoms with Crippen molar-refractivity contribution < 1.29 is 4.92 Å². The zero-order chi connectivity index (χ0) is 12.8. The Hall–Kier alpha value is -1.46. The lowest BCUT2D eigenvalue weighted by atomic mass is 9.88. The lowest BCUT2D eigenvalue weighted by Gasteiger charge is -2.20. The van der Waals surface area contributed by atoms with Crippen molar-refractivity contribution in [2.75, 3.05) is 13.1 Å². The van der Waals surface area contributed by atoms with Crippen molar-refractivity contribution >= 4 is 5.69 Å². The third-order valence-corrected chi connectivity index (χ3v) is 3.12. The molecule has 0 aromatic heterocycles. The van der Waals surface area contributed by atoms with Crippen molar-refractivity contribution in [1.29, 1.82) is 0 Å². The number of nitrogens with two attached hydrogens (primary N) is 2. The van der Waals surface area contributed by atoms with Crippen LogP contribution < -0.4 is 11.5 Å². The van der Waals surface area contributed by atoms with E-state index >= 15 is 0 Å². The molecule has 5 nitrogen and oxygen atoms in total. The van der Waals surface area contributed by atoms with Crippen LogP contribution in [0.3, 0.4) is 0 Å². The van der Waals surface area contributed by atoms with Crippen molar-refractivity contribution in [3.63, 3.8) is 0 Å². The van der Waals surface area contributed by atoms with Crippen LogP contribution >= 0.6 is 0 Å². The van der Waals surface area contributed by atoms with Gasteiger partial charge in [0.25, 0.3) is 5.69 Å². The summed E-state index contributed by atoms with van der Waals surface area (Å²) in [6.07, 6.45) is 0.844. The van der Waals surface area contributed by atoms with E-state index in [2.05, 4.69) is 6.92 Å². The van der Waals surface area contributed by atoms with Gasteiger partial charge >= 0.3 is 0 Å². The number of nitro groups is 1. The third-order valence-electron chi connectivity index (χ3n) is 3.12. The molecule has 0 aliphatic carbocycles. The number of hydrogen-bond acceptors (Lipinski definition) is 4. The Bertz CT molecular complexity index is 361. The molecule has 0 spiro atoms. The maximum atomic E-state index is 10.5. The van der Waals surface area contributed by atoms with E-state index in [1.807, 2.05) is 0 Å². The van der Waals surface area contributed by atoms with Crippen LogP contribution in [0.4, 0.5) is 5.69 Å². The second kappa shape index (κ2) is 6.32. The third kappa shape index (κ3) is 3.80. The van der Waals surface area contributed by atoms with E-state index in [1.165, 1.54) is 12.1 Å². The molecule has 0 heterocycles. The molecule has 1 aromatic rings. The van der Waals surface area contributed by atoms with Crippen LogP contribution in [0.5, 0.6) is 0 Å². The monoisotopic (exact) mass is 237 g/mol. The quantitative estimate of drug-likeness (QED) is 0.576. The maximum absolute atomic E-state index is 10.5. The van der Waals surface area contributed by atoms with Gasteiger partial charge in [-0.15, -0.1) is 0 Å². The topological polar surface area (TPSA) is 95.2 Å². The molecule has 1 aromatic carbocycles. The van der Waals surface area contributed by atoms with Gasteiger partial charge in [0, 0.05) is 12.1 Å². The Morgan fingerprint density at radius 2 is 1.76 bits per heavy atom. The fourth-order valence-corrected chi connectivity index (χ4v) is 1.85.